The number of aromatic nitrogens is 2. The van der Waals surface area contributed by atoms with E-state index in [-0.39, 0.29) is 0 Å². The summed E-state index contributed by atoms with van der Waals surface area (Å²) in [5.41, 5.74) is 8.44. The Morgan fingerprint density at radius 1 is 1.47 bits per heavy atom. The van der Waals surface area contributed by atoms with Crippen molar-refractivity contribution in [1.29, 1.82) is 0 Å². The molecule has 0 bridgehead atoms. The number of nitrogens with zero attached hydrogens (tertiary/aromatic N) is 3. The van der Waals surface area contributed by atoms with E-state index in [1.807, 2.05) is 17.9 Å². The van der Waals surface area contributed by atoms with Gasteiger partial charge in [-0.05, 0) is 26.4 Å². The third-order valence-electron chi connectivity index (χ3n) is 3.50. The van der Waals surface area contributed by atoms with Crippen LogP contribution in [-0.4, -0.2) is 34.3 Å². The van der Waals surface area contributed by atoms with Crippen molar-refractivity contribution >= 4 is 0 Å². The molecule has 1 aromatic heterocycles. The molecule has 98 valence electrons. The Morgan fingerprint density at radius 2 is 2.18 bits per heavy atom. The molecular formula is C13H26N4. The van der Waals surface area contributed by atoms with Crippen molar-refractivity contribution in [3.63, 3.8) is 0 Å². The van der Waals surface area contributed by atoms with E-state index in [4.69, 9.17) is 5.73 Å². The van der Waals surface area contributed by atoms with Crippen molar-refractivity contribution in [3.8, 4) is 0 Å². The lowest BCUT2D eigenvalue weighted by Gasteiger charge is -2.29. The van der Waals surface area contributed by atoms with Crippen LogP contribution in [0, 0.1) is 6.92 Å². The number of hydrogen-bond donors (Lipinski definition) is 1. The highest BCUT2D eigenvalue weighted by Crippen LogP contribution is 2.22. The lowest BCUT2D eigenvalue weighted by molar-refractivity contribution is 0.208. The van der Waals surface area contributed by atoms with Crippen molar-refractivity contribution in [2.24, 2.45) is 12.8 Å². The molecule has 2 N–H and O–H groups in total. The first kappa shape index (κ1) is 14.2. The van der Waals surface area contributed by atoms with Gasteiger partial charge in [0.05, 0.1) is 12.2 Å². The molecule has 1 aromatic rings. The van der Waals surface area contributed by atoms with Crippen LogP contribution in [0.1, 0.15) is 44.0 Å². The fraction of sp³-hybridized carbons (Fsp3) is 0.769. The van der Waals surface area contributed by atoms with Crippen molar-refractivity contribution < 1.29 is 0 Å². The summed E-state index contributed by atoms with van der Waals surface area (Å²) in [7, 11) is 1.98. The second-order valence-electron chi connectivity index (χ2n) is 4.54. The molecule has 0 saturated heterocycles. The molecule has 4 heteroatoms. The van der Waals surface area contributed by atoms with Gasteiger partial charge in [0.2, 0.25) is 0 Å². The normalized spacial score (nSPS) is 13.3. The molecule has 0 radical (unpaired) electrons. The first-order valence-electron chi connectivity index (χ1n) is 6.58. The summed E-state index contributed by atoms with van der Waals surface area (Å²) in [4.78, 5) is 2.45. The monoisotopic (exact) mass is 238 g/mol. The number of hydrogen-bond acceptors (Lipinski definition) is 3. The molecule has 0 aliphatic carbocycles. The van der Waals surface area contributed by atoms with Crippen LogP contribution < -0.4 is 5.73 Å². The number of likely N-dealkylation sites (N-methyl/N-ethyl adjacent to an activating group) is 1. The zero-order valence-electron chi connectivity index (χ0n) is 11.6. The van der Waals surface area contributed by atoms with Crippen LogP contribution in [0.15, 0.2) is 6.20 Å². The quantitative estimate of drug-likeness (QED) is 0.788. The third-order valence-corrected chi connectivity index (χ3v) is 3.50. The summed E-state index contributed by atoms with van der Waals surface area (Å²) < 4.78 is 1.92. The Morgan fingerprint density at radius 3 is 2.59 bits per heavy atom. The number of aryl methyl sites for hydroxylation is 1. The van der Waals surface area contributed by atoms with Crippen LogP contribution in [0.2, 0.25) is 0 Å². The number of unbranched alkanes of at least 4 members (excludes halogenated alkanes) is 1. The number of rotatable bonds is 7. The summed E-state index contributed by atoms with van der Waals surface area (Å²) in [6.07, 6.45) is 4.41. The van der Waals surface area contributed by atoms with Gasteiger partial charge in [-0.2, -0.15) is 5.10 Å². The van der Waals surface area contributed by atoms with Gasteiger partial charge >= 0.3 is 0 Å². The van der Waals surface area contributed by atoms with E-state index in [0.29, 0.717) is 12.6 Å². The largest absolute Gasteiger partial charge is 0.329 e. The van der Waals surface area contributed by atoms with Crippen LogP contribution in [0.4, 0.5) is 0 Å². The van der Waals surface area contributed by atoms with E-state index in [2.05, 4.69) is 30.8 Å². The fourth-order valence-corrected chi connectivity index (χ4v) is 2.21. The maximum Gasteiger partial charge on any atom is 0.0540 e. The van der Waals surface area contributed by atoms with Gasteiger partial charge in [-0.1, -0.05) is 20.3 Å². The Balaban J connectivity index is 2.85. The van der Waals surface area contributed by atoms with E-state index >= 15 is 0 Å². The van der Waals surface area contributed by atoms with Gasteiger partial charge in [0.25, 0.3) is 0 Å². The highest BCUT2D eigenvalue weighted by Gasteiger charge is 2.20. The molecule has 0 spiro atoms. The molecule has 1 unspecified atom stereocenters. The van der Waals surface area contributed by atoms with Crippen LogP contribution in [-0.2, 0) is 7.05 Å². The Bertz CT molecular complexity index is 332. The van der Waals surface area contributed by atoms with Gasteiger partial charge in [-0.25, -0.2) is 0 Å². The minimum atomic E-state index is 0.306. The zero-order valence-corrected chi connectivity index (χ0v) is 11.6. The van der Waals surface area contributed by atoms with Crippen LogP contribution in [0.25, 0.3) is 0 Å². The molecule has 0 aliphatic heterocycles. The van der Waals surface area contributed by atoms with Crippen LogP contribution in [0.3, 0.4) is 0 Å². The molecule has 1 heterocycles. The van der Waals surface area contributed by atoms with E-state index in [1.54, 1.807) is 0 Å². The Hall–Kier alpha value is -0.870. The van der Waals surface area contributed by atoms with E-state index in [1.165, 1.54) is 24.1 Å². The molecule has 0 aromatic carbocycles. The second-order valence-corrected chi connectivity index (χ2v) is 4.54. The first-order chi connectivity index (χ1) is 8.15. The van der Waals surface area contributed by atoms with Gasteiger partial charge in [0.1, 0.15) is 0 Å². The molecule has 0 fully saturated rings. The topological polar surface area (TPSA) is 47.1 Å². The van der Waals surface area contributed by atoms with Crippen LogP contribution >= 0.6 is 0 Å². The SMILES string of the molecule is CCCCN(CC)C(CN)c1cnn(C)c1C. The summed E-state index contributed by atoms with van der Waals surface area (Å²) in [6, 6.07) is 0.306. The minimum absolute atomic E-state index is 0.306. The highest BCUT2D eigenvalue weighted by atomic mass is 15.3. The number of nitrogens with two attached hydrogens (primary N) is 1. The summed E-state index contributed by atoms with van der Waals surface area (Å²) in [5, 5.41) is 4.32. The predicted octanol–water partition coefficient (Wildman–Crippen LogP) is 1.85. The van der Waals surface area contributed by atoms with Crippen molar-refractivity contribution in [1.82, 2.24) is 14.7 Å². The second kappa shape index (κ2) is 6.77. The average Bonchev–Trinajstić information content (AvgIpc) is 2.66. The van der Waals surface area contributed by atoms with Gasteiger partial charge in [-0.3, -0.25) is 9.58 Å². The fourth-order valence-electron chi connectivity index (χ4n) is 2.21. The van der Waals surface area contributed by atoms with Gasteiger partial charge < -0.3 is 5.73 Å². The van der Waals surface area contributed by atoms with Crippen molar-refractivity contribution in [3.05, 3.63) is 17.5 Å². The van der Waals surface area contributed by atoms with E-state index in [9.17, 15) is 0 Å². The highest BCUT2D eigenvalue weighted by molar-refractivity contribution is 5.21. The first-order valence-corrected chi connectivity index (χ1v) is 6.58. The lowest BCUT2D eigenvalue weighted by Crippen LogP contribution is -2.34. The predicted molar refractivity (Wildman–Crippen MR) is 71.9 cm³/mol. The lowest BCUT2D eigenvalue weighted by atomic mass is 10.1. The van der Waals surface area contributed by atoms with E-state index < -0.39 is 0 Å². The van der Waals surface area contributed by atoms with Gasteiger partial charge in [0, 0.05) is 24.8 Å². The minimum Gasteiger partial charge on any atom is -0.329 e. The Labute approximate surface area is 105 Å². The summed E-state index contributed by atoms with van der Waals surface area (Å²) >= 11 is 0. The molecular weight excluding hydrogens is 212 g/mol. The van der Waals surface area contributed by atoms with Gasteiger partial charge in [0.15, 0.2) is 0 Å². The molecule has 17 heavy (non-hydrogen) atoms. The summed E-state index contributed by atoms with van der Waals surface area (Å²) in [5.74, 6) is 0. The maximum absolute atomic E-state index is 5.95. The summed E-state index contributed by atoms with van der Waals surface area (Å²) in [6.45, 7) is 9.34. The van der Waals surface area contributed by atoms with Gasteiger partial charge in [-0.15, -0.1) is 0 Å². The van der Waals surface area contributed by atoms with Crippen molar-refractivity contribution in [2.45, 2.75) is 39.7 Å². The third kappa shape index (κ3) is 3.30. The molecule has 0 saturated carbocycles. The zero-order chi connectivity index (χ0) is 12.8. The average molecular weight is 238 g/mol. The maximum atomic E-state index is 5.95. The standard InChI is InChI=1S/C13H26N4/c1-5-7-8-17(6-2)13(9-14)12-10-15-16(4)11(12)3/h10,13H,5-9,14H2,1-4H3. The smallest absolute Gasteiger partial charge is 0.0540 e. The molecule has 1 rings (SSSR count). The molecule has 0 amide bonds. The van der Waals surface area contributed by atoms with Crippen LogP contribution in [0.5, 0.6) is 0 Å². The molecule has 0 aliphatic rings. The molecule has 4 nitrogen and oxygen atoms in total. The van der Waals surface area contributed by atoms with Crippen molar-refractivity contribution in [2.75, 3.05) is 19.6 Å². The Kier molecular flexibility index (Phi) is 5.65. The van der Waals surface area contributed by atoms with E-state index in [0.717, 1.165) is 13.1 Å². The molecule has 1 atom stereocenters.